The number of nitrogens with zero attached hydrogens (tertiary/aromatic N) is 6. The van der Waals surface area contributed by atoms with E-state index in [0.29, 0.717) is 12.4 Å². The number of pyridine rings is 3. The maximum absolute atomic E-state index is 5.98. The summed E-state index contributed by atoms with van der Waals surface area (Å²) in [5.41, 5.74) is 8.58. The zero-order valence-corrected chi connectivity index (χ0v) is 20.5. The second-order valence-electron chi connectivity index (χ2n) is 9.05. The molecule has 0 atom stereocenters. The van der Waals surface area contributed by atoms with Crippen LogP contribution in [-0.2, 0) is 6.61 Å². The van der Waals surface area contributed by atoms with Gasteiger partial charge in [0.05, 0.1) is 40.8 Å². The van der Waals surface area contributed by atoms with Gasteiger partial charge in [-0.3, -0.25) is 10.1 Å². The molecule has 0 fully saturated rings. The van der Waals surface area contributed by atoms with Gasteiger partial charge in [-0.15, -0.1) is 0 Å². The Morgan fingerprint density at radius 2 is 1.89 bits per heavy atom. The Morgan fingerprint density at radius 3 is 2.76 bits per heavy atom. The summed E-state index contributed by atoms with van der Waals surface area (Å²) >= 11 is 0. The zero-order valence-electron chi connectivity index (χ0n) is 20.5. The Balaban J connectivity index is 1.24. The third-order valence-electron chi connectivity index (χ3n) is 6.42. The van der Waals surface area contributed by atoms with Crippen molar-refractivity contribution in [3.63, 3.8) is 0 Å². The van der Waals surface area contributed by atoms with Crippen LogP contribution in [0.3, 0.4) is 0 Å². The van der Waals surface area contributed by atoms with E-state index in [0.717, 1.165) is 61.7 Å². The molecule has 0 aliphatic carbocycles. The first-order valence-electron chi connectivity index (χ1n) is 12.2. The minimum absolute atomic E-state index is 0.472. The second-order valence-corrected chi connectivity index (χ2v) is 9.05. The van der Waals surface area contributed by atoms with Gasteiger partial charge in [-0.25, -0.2) is 15.0 Å². The third kappa shape index (κ3) is 3.96. The fraction of sp³-hybridized carbons (Fsp3) is 0.0690. The minimum Gasteiger partial charge on any atom is -0.487 e. The molecule has 184 valence electrons. The summed E-state index contributed by atoms with van der Waals surface area (Å²) in [5.74, 6) is 0.685. The highest BCUT2D eigenvalue weighted by atomic mass is 16.5. The van der Waals surface area contributed by atoms with Crippen LogP contribution in [0, 0.1) is 6.92 Å². The molecule has 38 heavy (non-hydrogen) atoms. The molecule has 6 heterocycles. The van der Waals surface area contributed by atoms with Gasteiger partial charge in [-0.05, 0) is 42.8 Å². The van der Waals surface area contributed by atoms with Crippen LogP contribution >= 0.6 is 0 Å². The predicted molar refractivity (Wildman–Crippen MR) is 145 cm³/mol. The van der Waals surface area contributed by atoms with Crippen LogP contribution in [-0.4, -0.2) is 39.7 Å². The molecule has 9 nitrogen and oxygen atoms in total. The molecule has 2 N–H and O–H groups in total. The highest BCUT2D eigenvalue weighted by Crippen LogP contribution is 2.31. The van der Waals surface area contributed by atoms with E-state index < -0.39 is 0 Å². The average Bonchev–Trinajstić information content (AvgIpc) is 3.70. The molecule has 9 heteroatoms. The van der Waals surface area contributed by atoms with Crippen LogP contribution in [0.4, 0.5) is 0 Å². The standard InChI is InChI=1S/C29H22N8O/c1-18-15-37(17-32-18)26-9-10-31-29-22(26)12-25(34-29)28-27-24(35-36-28)8-7-23(33-27)20-11-21(14-30-13-20)38-16-19-5-3-2-4-6-19/h2-15,17H,16H2,1H3,(H,31,34)(H,35,36). The van der Waals surface area contributed by atoms with Crippen molar-refractivity contribution < 1.29 is 4.74 Å². The lowest BCUT2D eigenvalue weighted by Crippen LogP contribution is -1.96. The number of hydrogen-bond acceptors (Lipinski definition) is 6. The SMILES string of the molecule is Cc1cn(-c2ccnc3[nH]c(-c4n[nH]c5ccc(-c6cncc(OCc7ccccc7)c6)nc45)cc23)cn1. The molecule has 7 aromatic rings. The normalized spacial score (nSPS) is 11.4. The lowest BCUT2D eigenvalue weighted by Gasteiger charge is -2.08. The summed E-state index contributed by atoms with van der Waals surface area (Å²) in [6.07, 6.45) is 9.08. The van der Waals surface area contributed by atoms with Gasteiger partial charge in [-0.2, -0.15) is 5.10 Å². The molecule has 1 aromatic carbocycles. The number of ether oxygens (including phenoxy) is 1. The number of H-pyrrole nitrogens is 2. The van der Waals surface area contributed by atoms with Crippen molar-refractivity contribution in [2.75, 3.05) is 0 Å². The van der Waals surface area contributed by atoms with Crippen molar-refractivity contribution in [2.24, 2.45) is 0 Å². The molecular formula is C29H22N8O. The maximum Gasteiger partial charge on any atom is 0.139 e. The fourth-order valence-corrected chi connectivity index (χ4v) is 4.54. The van der Waals surface area contributed by atoms with Crippen LogP contribution in [0.5, 0.6) is 5.75 Å². The maximum atomic E-state index is 5.98. The first-order valence-corrected chi connectivity index (χ1v) is 12.2. The van der Waals surface area contributed by atoms with Gasteiger partial charge in [0.1, 0.15) is 29.2 Å². The number of hydrogen-bond donors (Lipinski definition) is 2. The Hall–Kier alpha value is -5.31. The smallest absolute Gasteiger partial charge is 0.139 e. The first-order chi connectivity index (χ1) is 18.7. The third-order valence-corrected chi connectivity index (χ3v) is 6.42. The first kappa shape index (κ1) is 21.9. The lowest BCUT2D eigenvalue weighted by molar-refractivity contribution is 0.305. The summed E-state index contributed by atoms with van der Waals surface area (Å²) in [5, 5.41) is 8.65. The number of rotatable bonds is 6. The van der Waals surface area contributed by atoms with Crippen molar-refractivity contribution in [3.05, 3.63) is 103 Å². The molecule has 0 aliphatic heterocycles. The Kier molecular flexibility index (Phi) is 5.18. The summed E-state index contributed by atoms with van der Waals surface area (Å²) in [6.45, 7) is 2.44. The van der Waals surface area contributed by atoms with E-state index in [1.807, 2.05) is 72.3 Å². The topological polar surface area (TPSA) is 110 Å². The summed E-state index contributed by atoms with van der Waals surface area (Å²) in [6, 6.07) is 20.0. The van der Waals surface area contributed by atoms with Gasteiger partial charge < -0.3 is 14.3 Å². The van der Waals surface area contributed by atoms with Crippen LogP contribution < -0.4 is 4.74 Å². The Morgan fingerprint density at radius 1 is 0.974 bits per heavy atom. The molecule has 0 radical (unpaired) electrons. The monoisotopic (exact) mass is 498 g/mol. The molecule has 0 amide bonds. The van der Waals surface area contributed by atoms with Crippen molar-refractivity contribution >= 4 is 22.1 Å². The number of nitrogens with one attached hydrogen (secondary N) is 2. The van der Waals surface area contributed by atoms with E-state index in [1.54, 1.807) is 24.9 Å². The summed E-state index contributed by atoms with van der Waals surface area (Å²) in [4.78, 5) is 21.6. The number of aromatic nitrogens is 8. The fourth-order valence-electron chi connectivity index (χ4n) is 4.54. The largest absolute Gasteiger partial charge is 0.487 e. The molecule has 0 saturated carbocycles. The molecule has 0 saturated heterocycles. The number of fused-ring (bicyclic) bond motifs is 2. The molecule has 0 aliphatic rings. The molecule has 0 spiro atoms. The molecular weight excluding hydrogens is 476 g/mol. The molecule has 0 unspecified atom stereocenters. The number of benzene rings is 1. The highest BCUT2D eigenvalue weighted by molar-refractivity contribution is 5.95. The average molecular weight is 499 g/mol. The summed E-state index contributed by atoms with van der Waals surface area (Å²) in [7, 11) is 0. The highest BCUT2D eigenvalue weighted by Gasteiger charge is 2.16. The van der Waals surface area contributed by atoms with Gasteiger partial charge >= 0.3 is 0 Å². The number of aromatic amines is 2. The van der Waals surface area contributed by atoms with Crippen LogP contribution in [0.15, 0.2) is 91.8 Å². The summed E-state index contributed by atoms with van der Waals surface area (Å²) < 4.78 is 7.97. The molecule has 0 bridgehead atoms. The van der Waals surface area contributed by atoms with Crippen molar-refractivity contribution in [1.82, 2.24) is 39.7 Å². The quantitative estimate of drug-likeness (QED) is 0.307. The van der Waals surface area contributed by atoms with Crippen molar-refractivity contribution in [1.29, 1.82) is 0 Å². The number of aryl methyl sites for hydroxylation is 1. The van der Waals surface area contributed by atoms with E-state index >= 15 is 0 Å². The van der Waals surface area contributed by atoms with Crippen LogP contribution in [0.25, 0.3) is 50.4 Å². The zero-order chi connectivity index (χ0) is 25.5. The lowest BCUT2D eigenvalue weighted by atomic mass is 10.1. The van der Waals surface area contributed by atoms with Gasteiger partial charge in [0.25, 0.3) is 0 Å². The Labute approximate surface area is 217 Å². The van der Waals surface area contributed by atoms with E-state index in [4.69, 9.17) is 9.72 Å². The van der Waals surface area contributed by atoms with Crippen LogP contribution in [0.1, 0.15) is 11.3 Å². The van der Waals surface area contributed by atoms with Gasteiger partial charge in [0.2, 0.25) is 0 Å². The van der Waals surface area contributed by atoms with Crippen molar-refractivity contribution in [3.8, 4) is 34.1 Å². The van der Waals surface area contributed by atoms with E-state index in [-0.39, 0.29) is 0 Å². The minimum atomic E-state index is 0.472. The van der Waals surface area contributed by atoms with Crippen molar-refractivity contribution in [2.45, 2.75) is 13.5 Å². The molecule has 7 rings (SSSR count). The van der Waals surface area contributed by atoms with E-state index in [2.05, 4.69) is 36.2 Å². The van der Waals surface area contributed by atoms with E-state index in [1.165, 1.54) is 0 Å². The van der Waals surface area contributed by atoms with Gasteiger partial charge in [-0.1, -0.05) is 30.3 Å². The molecule has 6 aromatic heterocycles. The van der Waals surface area contributed by atoms with Crippen LogP contribution in [0.2, 0.25) is 0 Å². The predicted octanol–water partition coefficient (Wildman–Crippen LogP) is 5.64. The van der Waals surface area contributed by atoms with E-state index in [9.17, 15) is 0 Å². The Bertz CT molecular complexity index is 1900. The van der Waals surface area contributed by atoms with Gasteiger partial charge in [0.15, 0.2) is 0 Å². The van der Waals surface area contributed by atoms with Gasteiger partial charge in [0, 0.05) is 29.5 Å². The second kappa shape index (κ2) is 8.97. The number of imidazole rings is 1.